The summed E-state index contributed by atoms with van der Waals surface area (Å²) in [5, 5.41) is 10.0. The van der Waals surface area contributed by atoms with Crippen LogP contribution in [0.1, 0.15) is 22.3 Å². The summed E-state index contributed by atoms with van der Waals surface area (Å²) < 4.78 is 0. The molecule has 1 aromatic heterocycles. The van der Waals surface area contributed by atoms with E-state index in [0.29, 0.717) is 17.5 Å². The van der Waals surface area contributed by atoms with E-state index in [-0.39, 0.29) is 0 Å². The Kier molecular flexibility index (Phi) is 8.44. The Morgan fingerprint density at radius 2 is 0.708 bits per heavy atom. The zero-order valence-electron chi connectivity index (χ0n) is 35.4. The van der Waals surface area contributed by atoms with E-state index in [0.717, 1.165) is 27.8 Å². The third-order valence-electron chi connectivity index (χ3n) is 13.6. The van der Waals surface area contributed by atoms with Crippen molar-refractivity contribution in [3.8, 4) is 56.4 Å². The van der Waals surface area contributed by atoms with E-state index >= 15 is 0 Å². The molecule has 0 aliphatic heterocycles. The Bertz CT molecular complexity index is 3780. The Morgan fingerprint density at radius 3 is 1.40 bits per heavy atom. The minimum Gasteiger partial charge on any atom is -0.208 e. The molecular formula is C62H39N3. The van der Waals surface area contributed by atoms with Crippen molar-refractivity contribution in [2.24, 2.45) is 0 Å². The largest absolute Gasteiger partial charge is 0.208 e. The number of benzene rings is 11. The van der Waals surface area contributed by atoms with Crippen LogP contribution in [0.4, 0.5) is 0 Å². The lowest BCUT2D eigenvalue weighted by atomic mass is 9.67. The summed E-state index contributed by atoms with van der Waals surface area (Å²) in [5.41, 5.74) is 11.8. The molecule has 0 bridgehead atoms. The van der Waals surface area contributed by atoms with Crippen molar-refractivity contribution in [1.29, 1.82) is 0 Å². The second-order valence-corrected chi connectivity index (χ2v) is 17.0. The van der Waals surface area contributed by atoms with Crippen molar-refractivity contribution in [3.05, 3.63) is 259 Å². The highest BCUT2D eigenvalue weighted by Gasteiger charge is 2.47. The molecule has 0 saturated carbocycles. The van der Waals surface area contributed by atoms with Crippen molar-refractivity contribution < 1.29 is 0 Å². The fourth-order valence-electron chi connectivity index (χ4n) is 10.9. The molecule has 0 unspecified atom stereocenters. The first kappa shape index (κ1) is 37.1. The molecule has 0 N–H and O–H groups in total. The van der Waals surface area contributed by atoms with Crippen LogP contribution < -0.4 is 0 Å². The second kappa shape index (κ2) is 14.8. The van der Waals surface area contributed by atoms with Crippen molar-refractivity contribution in [2.45, 2.75) is 5.41 Å². The number of aromatic nitrogens is 3. The molecule has 0 amide bonds. The summed E-state index contributed by atoms with van der Waals surface area (Å²) in [5.74, 6) is 1.89. The summed E-state index contributed by atoms with van der Waals surface area (Å²) in [7, 11) is 0. The lowest BCUT2D eigenvalue weighted by Crippen LogP contribution is -2.28. The zero-order chi connectivity index (χ0) is 42.9. The highest BCUT2D eigenvalue weighted by molar-refractivity contribution is 6.33. The van der Waals surface area contributed by atoms with Crippen LogP contribution in [0.15, 0.2) is 237 Å². The summed E-state index contributed by atoms with van der Waals surface area (Å²) in [6.45, 7) is 0. The van der Waals surface area contributed by atoms with Gasteiger partial charge in [0.1, 0.15) is 0 Å². The molecule has 65 heavy (non-hydrogen) atoms. The molecule has 0 saturated heterocycles. The van der Waals surface area contributed by atoms with Gasteiger partial charge in [-0.15, -0.1) is 0 Å². The zero-order valence-corrected chi connectivity index (χ0v) is 35.4. The number of hydrogen-bond donors (Lipinski definition) is 0. The Hall–Kier alpha value is -8.53. The standard InChI is InChI=1S/C62H39N3/c1-4-20-40(21-5-1)59-63-60(42-23-18-22-41(38-42)53-39-54-47-30-11-10-28-45(47)46-29-12-14-32-49(46)57(54)50-33-15-13-31-48(50)53)65-61(64-59)52-35-19-37-56-58(52)51-34-16-17-36-55(51)62(56,43-24-6-2-7-25-43)44-26-8-3-9-27-44/h1-39H. The average molecular weight is 826 g/mol. The second-order valence-electron chi connectivity index (χ2n) is 17.0. The van der Waals surface area contributed by atoms with Gasteiger partial charge in [-0.2, -0.15) is 0 Å². The van der Waals surface area contributed by atoms with E-state index in [9.17, 15) is 0 Å². The number of fused-ring (bicyclic) bond motifs is 11. The first-order valence-corrected chi connectivity index (χ1v) is 22.3. The fraction of sp³-hybridized carbons (Fsp3) is 0.0161. The van der Waals surface area contributed by atoms with Crippen LogP contribution >= 0.6 is 0 Å². The molecule has 11 aromatic carbocycles. The normalized spacial score (nSPS) is 12.7. The van der Waals surface area contributed by atoms with Gasteiger partial charge >= 0.3 is 0 Å². The van der Waals surface area contributed by atoms with Crippen LogP contribution in [0.25, 0.3) is 99.5 Å². The molecule has 1 aliphatic carbocycles. The van der Waals surface area contributed by atoms with Crippen LogP contribution in [0.2, 0.25) is 0 Å². The van der Waals surface area contributed by atoms with Gasteiger partial charge in [0.2, 0.25) is 0 Å². The fourth-order valence-corrected chi connectivity index (χ4v) is 10.9. The first-order chi connectivity index (χ1) is 32.3. The van der Waals surface area contributed by atoms with Crippen LogP contribution in [-0.2, 0) is 5.41 Å². The van der Waals surface area contributed by atoms with Gasteiger partial charge in [0.15, 0.2) is 17.5 Å². The third kappa shape index (κ3) is 5.65. The van der Waals surface area contributed by atoms with E-state index in [1.165, 1.54) is 76.5 Å². The van der Waals surface area contributed by atoms with Crippen LogP contribution in [0.5, 0.6) is 0 Å². The molecule has 13 rings (SSSR count). The predicted molar refractivity (Wildman–Crippen MR) is 269 cm³/mol. The van der Waals surface area contributed by atoms with Crippen LogP contribution in [-0.4, -0.2) is 15.0 Å². The molecule has 1 aliphatic rings. The highest BCUT2D eigenvalue weighted by Crippen LogP contribution is 2.58. The van der Waals surface area contributed by atoms with Gasteiger partial charge < -0.3 is 0 Å². The molecule has 0 spiro atoms. The highest BCUT2D eigenvalue weighted by atomic mass is 15.0. The van der Waals surface area contributed by atoms with Crippen LogP contribution in [0.3, 0.4) is 0 Å². The summed E-state index contributed by atoms with van der Waals surface area (Å²) in [4.78, 5) is 16.0. The summed E-state index contributed by atoms with van der Waals surface area (Å²) in [6.07, 6.45) is 0. The Balaban J connectivity index is 1.04. The Morgan fingerprint density at radius 1 is 0.262 bits per heavy atom. The molecule has 3 nitrogen and oxygen atoms in total. The number of hydrogen-bond acceptors (Lipinski definition) is 3. The molecule has 1 heterocycles. The topological polar surface area (TPSA) is 38.7 Å². The maximum absolute atomic E-state index is 5.44. The molecule has 0 radical (unpaired) electrons. The van der Waals surface area contributed by atoms with E-state index in [2.05, 4.69) is 218 Å². The van der Waals surface area contributed by atoms with E-state index in [1.54, 1.807) is 0 Å². The number of nitrogens with zero attached hydrogens (tertiary/aromatic N) is 3. The maximum atomic E-state index is 5.44. The molecule has 302 valence electrons. The molecule has 3 heteroatoms. The minimum atomic E-state index is -0.544. The predicted octanol–water partition coefficient (Wildman–Crippen LogP) is 15.5. The van der Waals surface area contributed by atoms with E-state index < -0.39 is 5.41 Å². The van der Waals surface area contributed by atoms with Gasteiger partial charge in [-0.05, 0) is 99.7 Å². The monoisotopic (exact) mass is 825 g/mol. The number of rotatable bonds is 6. The van der Waals surface area contributed by atoms with Crippen molar-refractivity contribution in [2.75, 3.05) is 0 Å². The average Bonchev–Trinajstić information content (AvgIpc) is 3.70. The molecule has 0 atom stereocenters. The van der Waals surface area contributed by atoms with E-state index in [1.807, 2.05) is 18.2 Å². The smallest absolute Gasteiger partial charge is 0.164 e. The lowest BCUT2D eigenvalue weighted by molar-refractivity contribution is 0.768. The first-order valence-electron chi connectivity index (χ1n) is 22.3. The third-order valence-corrected chi connectivity index (χ3v) is 13.6. The quantitative estimate of drug-likeness (QED) is 0.157. The van der Waals surface area contributed by atoms with Crippen molar-refractivity contribution in [3.63, 3.8) is 0 Å². The van der Waals surface area contributed by atoms with Gasteiger partial charge in [-0.25, -0.2) is 15.0 Å². The van der Waals surface area contributed by atoms with E-state index in [4.69, 9.17) is 15.0 Å². The molecular weight excluding hydrogens is 787 g/mol. The van der Waals surface area contributed by atoms with Crippen LogP contribution in [0, 0.1) is 0 Å². The lowest BCUT2D eigenvalue weighted by Gasteiger charge is -2.33. The van der Waals surface area contributed by atoms with Crippen molar-refractivity contribution in [1.82, 2.24) is 15.0 Å². The molecule has 12 aromatic rings. The summed E-state index contributed by atoms with van der Waals surface area (Å²) in [6, 6.07) is 85.2. The Labute approximate surface area is 377 Å². The molecule has 0 fully saturated rings. The van der Waals surface area contributed by atoms with Gasteiger partial charge in [0.25, 0.3) is 0 Å². The minimum absolute atomic E-state index is 0.544. The van der Waals surface area contributed by atoms with Gasteiger partial charge in [-0.3, -0.25) is 0 Å². The van der Waals surface area contributed by atoms with Gasteiger partial charge in [0.05, 0.1) is 5.41 Å². The SMILES string of the molecule is c1ccc(-c2nc(-c3cccc(-c4cc5c6ccccc6c6ccccc6c5c5ccccc45)c3)nc(-c3cccc4c3-c3ccccc3C4(c3ccccc3)c3ccccc3)n2)cc1. The van der Waals surface area contributed by atoms with Crippen molar-refractivity contribution >= 4 is 43.1 Å². The van der Waals surface area contributed by atoms with Gasteiger partial charge in [0, 0.05) is 16.7 Å². The van der Waals surface area contributed by atoms with Gasteiger partial charge in [-0.1, -0.05) is 224 Å². The summed E-state index contributed by atoms with van der Waals surface area (Å²) >= 11 is 0. The maximum Gasteiger partial charge on any atom is 0.164 e.